The predicted octanol–water partition coefficient (Wildman–Crippen LogP) is 0.205. The first-order valence-corrected chi connectivity index (χ1v) is 2.53. The van der Waals surface area contributed by atoms with Crippen LogP contribution in [0.5, 0.6) is 0 Å². The van der Waals surface area contributed by atoms with Gasteiger partial charge in [0.2, 0.25) is 0 Å². The van der Waals surface area contributed by atoms with Crippen LogP contribution in [0.15, 0.2) is 5.16 Å². The Hall–Kier alpha value is -1.57. The fraction of sp³-hybridized carbons (Fsp3) is 0.400. The van der Waals surface area contributed by atoms with Crippen LogP contribution in [-0.2, 0) is 4.79 Å². The molecule has 0 heterocycles. The maximum absolute atomic E-state index is 9.89. The Labute approximate surface area is 57.2 Å². The first-order valence-electron chi connectivity index (χ1n) is 2.53. The third kappa shape index (κ3) is 3.43. The molecule has 0 aromatic rings. The molecule has 0 saturated heterocycles. The molecule has 0 unspecified atom stereocenters. The molecule has 0 aromatic heterocycles. The smallest absolute Gasteiger partial charge is 0.303 e. The van der Waals surface area contributed by atoms with Crippen molar-refractivity contribution in [2.45, 2.75) is 12.8 Å². The molecule has 0 spiro atoms. The van der Waals surface area contributed by atoms with Crippen LogP contribution in [0.2, 0.25) is 0 Å². The molecule has 0 atom stereocenters. The average Bonchev–Trinajstić information content (AvgIpc) is 1.90. The van der Waals surface area contributed by atoms with Gasteiger partial charge < -0.3 is 10.3 Å². The van der Waals surface area contributed by atoms with Gasteiger partial charge in [-0.15, -0.1) is 0 Å². The monoisotopic (exact) mass is 142 g/mol. The lowest BCUT2D eigenvalue weighted by atomic mass is 10.2. The third-order valence-corrected chi connectivity index (χ3v) is 0.825. The van der Waals surface area contributed by atoms with Crippen molar-refractivity contribution in [1.29, 1.82) is 5.26 Å². The summed E-state index contributed by atoms with van der Waals surface area (Å²) in [5.74, 6) is -1.02. The Kier molecular flexibility index (Phi) is 3.64. The number of oxime groups is 1. The molecule has 0 saturated carbocycles. The summed E-state index contributed by atoms with van der Waals surface area (Å²) in [4.78, 5) is 9.89. The Morgan fingerprint density at radius 1 is 1.60 bits per heavy atom. The number of hydrogen-bond donors (Lipinski definition) is 2. The molecule has 0 fully saturated rings. The Balaban J connectivity index is 3.70. The van der Waals surface area contributed by atoms with E-state index >= 15 is 0 Å². The number of rotatable bonds is 3. The minimum Gasteiger partial charge on any atom is -0.481 e. The quantitative estimate of drug-likeness (QED) is 0.334. The van der Waals surface area contributed by atoms with E-state index in [0.29, 0.717) is 0 Å². The lowest BCUT2D eigenvalue weighted by molar-refractivity contribution is -0.136. The van der Waals surface area contributed by atoms with Crippen molar-refractivity contribution >= 4 is 11.7 Å². The molecule has 2 N–H and O–H groups in total. The lowest BCUT2D eigenvalue weighted by Crippen LogP contribution is -2.00. The van der Waals surface area contributed by atoms with Crippen molar-refractivity contribution in [3.63, 3.8) is 0 Å². The van der Waals surface area contributed by atoms with E-state index in [1.807, 2.05) is 0 Å². The molecule has 5 heteroatoms. The highest BCUT2D eigenvalue weighted by Gasteiger charge is 2.01. The fourth-order valence-corrected chi connectivity index (χ4v) is 0.354. The summed E-state index contributed by atoms with van der Waals surface area (Å²) in [6, 6.07) is 1.54. The average molecular weight is 142 g/mol. The molecule has 10 heavy (non-hydrogen) atoms. The maximum Gasteiger partial charge on any atom is 0.303 e. The third-order valence-electron chi connectivity index (χ3n) is 0.825. The second-order valence-electron chi connectivity index (χ2n) is 1.55. The largest absolute Gasteiger partial charge is 0.481 e. The minimum absolute atomic E-state index is 0.0255. The van der Waals surface area contributed by atoms with Crippen LogP contribution < -0.4 is 0 Å². The Morgan fingerprint density at radius 2 is 2.20 bits per heavy atom. The van der Waals surface area contributed by atoms with Gasteiger partial charge in [0.05, 0.1) is 6.42 Å². The summed E-state index contributed by atoms with van der Waals surface area (Å²) >= 11 is 0. The van der Waals surface area contributed by atoms with Crippen LogP contribution in [0.25, 0.3) is 0 Å². The number of carboxylic acids is 1. The van der Waals surface area contributed by atoms with E-state index in [1.54, 1.807) is 6.07 Å². The molecule has 0 bridgehead atoms. The van der Waals surface area contributed by atoms with Crippen LogP contribution in [0.4, 0.5) is 0 Å². The van der Waals surface area contributed by atoms with E-state index in [1.165, 1.54) is 0 Å². The minimum atomic E-state index is -1.02. The standard InChI is InChI=1S/C5H6N2O3/c6-3-4(7-10)1-2-5(8)9/h10H,1-2H2,(H,8,9)/b7-4-. The van der Waals surface area contributed by atoms with Crippen LogP contribution in [-0.4, -0.2) is 22.0 Å². The van der Waals surface area contributed by atoms with E-state index in [9.17, 15) is 4.79 Å². The van der Waals surface area contributed by atoms with Gasteiger partial charge in [-0.25, -0.2) is 0 Å². The zero-order chi connectivity index (χ0) is 7.98. The van der Waals surface area contributed by atoms with Gasteiger partial charge in [0.15, 0.2) is 5.71 Å². The molecule has 0 aliphatic rings. The summed E-state index contributed by atoms with van der Waals surface area (Å²) in [7, 11) is 0. The van der Waals surface area contributed by atoms with Gasteiger partial charge in [0.1, 0.15) is 6.07 Å². The van der Waals surface area contributed by atoms with Crippen LogP contribution in [0.3, 0.4) is 0 Å². The second-order valence-corrected chi connectivity index (χ2v) is 1.55. The summed E-state index contributed by atoms with van der Waals surface area (Å²) in [6.07, 6.45) is -0.213. The second kappa shape index (κ2) is 4.32. The van der Waals surface area contributed by atoms with E-state index in [-0.39, 0.29) is 18.6 Å². The van der Waals surface area contributed by atoms with Crippen molar-refractivity contribution in [2.75, 3.05) is 0 Å². The van der Waals surface area contributed by atoms with E-state index in [2.05, 4.69) is 5.16 Å². The molecular formula is C5H6N2O3. The van der Waals surface area contributed by atoms with Crippen molar-refractivity contribution in [3.05, 3.63) is 0 Å². The molecule has 0 aromatic carbocycles. The molecule has 0 amide bonds. The summed E-state index contributed by atoms with van der Waals surface area (Å²) < 4.78 is 0. The topological polar surface area (TPSA) is 93.7 Å². The molecule has 5 nitrogen and oxygen atoms in total. The number of carbonyl (C=O) groups is 1. The molecule has 0 rings (SSSR count). The van der Waals surface area contributed by atoms with Crippen LogP contribution in [0.1, 0.15) is 12.8 Å². The zero-order valence-corrected chi connectivity index (χ0v) is 5.11. The molecular weight excluding hydrogens is 136 g/mol. The van der Waals surface area contributed by atoms with Gasteiger partial charge in [-0.2, -0.15) is 5.26 Å². The van der Waals surface area contributed by atoms with E-state index in [0.717, 1.165) is 0 Å². The summed E-state index contributed by atoms with van der Waals surface area (Å²) in [6.45, 7) is 0. The summed E-state index contributed by atoms with van der Waals surface area (Å²) in [5, 5.41) is 26.8. The van der Waals surface area contributed by atoms with Crippen molar-refractivity contribution in [3.8, 4) is 6.07 Å². The van der Waals surface area contributed by atoms with Crippen molar-refractivity contribution in [1.82, 2.24) is 0 Å². The van der Waals surface area contributed by atoms with Crippen molar-refractivity contribution in [2.24, 2.45) is 5.16 Å². The first-order chi connectivity index (χ1) is 4.70. The SMILES string of the molecule is N#C/C(CCC(=O)O)=N\O. The first kappa shape index (κ1) is 8.43. The Bertz CT molecular complexity index is 192. The van der Waals surface area contributed by atoms with Gasteiger partial charge >= 0.3 is 5.97 Å². The van der Waals surface area contributed by atoms with Gasteiger partial charge in [-0.3, -0.25) is 4.79 Å². The van der Waals surface area contributed by atoms with Gasteiger partial charge in [-0.1, -0.05) is 5.16 Å². The van der Waals surface area contributed by atoms with E-state index in [4.69, 9.17) is 15.6 Å². The number of nitrogens with zero attached hydrogens (tertiary/aromatic N) is 2. The predicted molar refractivity (Wildman–Crippen MR) is 31.7 cm³/mol. The molecule has 0 radical (unpaired) electrons. The normalized spacial score (nSPS) is 10.5. The number of nitriles is 1. The highest BCUT2D eigenvalue weighted by atomic mass is 16.4. The number of hydrogen-bond acceptors (Lipinski definition) is 4. The maximum atomic E-state index is 9.89. The van der Waals surface area contributed by atoms with Gasteiger partial charge in [0.25, 0.3) is 0 Å². The van der Waals surface area contributed by atoms with Crippen LogP contribution in [0, 0.1) is 11.3 Å². The molecule has 54 valence electrons. The zero-order valence-electron chi connectivity index (χ0n) is 5.11. The fourth-order valence-electron chi connectivity index (χ4n) is 0.354. The highest BCUT2D eigenvalue weighted by molar-refractivity contribution is 5.99. The van der Waals surface area contributed by atoms with E-state index < -0.39 is 5.97 Å². The number of aliphatic carboxylic acids is 1. The van der Waals surface area contributed by atoms with Crippen molar-refractivity contribution < 1.29 is 15.1 Å². The Morgan fingerprint density at radius 3 is 2.50 bits per heavy atom. The van der Waals surface area contributed by atoms with Gasteiger partial charge in [0, 0.05) is 6.42 Å². The van der Waals surface area contributed by atoms with Crippen LogP contribution >= 0.6 is 0 Å². The van der Waals surface area contributed by atoms with Gasteiger partial charge in [-0.05, 0) is 0 Å². The molecule has 0 aliphatic heterocycles. The number of carboxylic acid groups (broad SMARTS) is 1. The lowest BCUT2D eigenvalue weighted by Gasteiger charge is -1.88. The highest BCUT2D eigenvalue weighted by Crippen LogP contribution is 1.91. The molecule has 0 aliphatic carbocycles. The summed E-state index contributed by atoms with van der Waals surface area (Å²) in [5.41, 5.74) is -0.164.